The van der Waals surface area contributed by atoms with Gasteiger partial charge in [0.15, 0.2) is 0 Å². The number of fused-ring (bicyclic) bond motifs is 2. The number of urea groups is 1. The van der Waals surface area contributed by atoms with Gasteiger partial charge in [0.2, 0.25) is 0 Å². The van der Waals surface area contributed by atoms with E-state index in [0.29, 0.717) is 11.8 Å². The van der Waals surface area contributed by atoms with Crippen molar-refractivity contribution in [1.82, 2.24) is 15.5 Å². The molecule has 5 heteroatoms. The Labute approximate surface area is 140 Å². The molecule has 2 bridgehead atoms. The van der Waals surface area contributed by atoms with Crippen LogP contribution in [0.5, 0.6) is 0 Å². The Balaban J connectivity index is 1.31. The van der Waals surface area contributed by atoms with Gasteiger partial charge in [0, 0.05) is 25.1 Å². The van der Waals surface area contributed by atoms with Gasteiger partial charge < -0.3 is 20.6 Å². The van der Waals surface area contributed by atoms with E-state index >= 15 is 0 Å². The summed E-state index contributed by atoms with van der Waals surface area (Å²) < 4.78 is 0. The number of carbonyl (C=O) groups is 1. The van der Waals surface area contributed by atoms with Crippen molar-refractivity contribution in [1.29, 1.82) is 0 Å². The summed E-state index contributed by atoms with van der Waals surface area (Å²) in [5, 5.41) is 15.7. The highest BCUT2D eigenvalue weighted by Gasteiger charge is 2.47. The second-order valence-electron chi connectivity index (χ2n) is 7.98. The van der Waals surface area contributed by atoms with Crippen LogP contribution in [-0.4, -0.2) is 54.9 Å². The lowest BCUT2D eigenvalue weighted by Gasteiger charge is -2.31. The average molecular weight is 323 g/mol. The zero-order chi connectivity index (χ0) is 16.2. The van der Waals surface area contributed by atoms with Crippen LogP contribution in [0, 0.1) is 23.7 Å². The maximum Gasteiger partial charge on any atom is 0.315 e. The Morgan fingerprint density at radius 2 is 1.91 bits per heavy atom. The molecule has 3 N–H and O–H groups in total. The molecule has 0 spiro atoms. The Kier molecular flexibility index (Phi) is 5.81. The smallest absolute Gasteiger partial charge is 0.315 e. The predicted octanol–water partition coefficient (Wildman–Crippen LogP) is 1.81. The fourth-order valence-corrected chi connectivity index (χ4v) is 4.89. The van der Waals surface area contributed by atoms with E-state index in [0.717, 1.165) is 25.4 Å². The number of hydrogen-bond acceptors (Lipinski definition) is 3. The predicted molar refractivity (Wildman–Crippen MR) is 91.2 cm³/mol. The van der Waals surface area contributed by atoms with Crippen LogP contribution in [0.4, 0.5) is 4.79 Å². The first kappa shape index (κ1) is 17.0. The molecule has 4 atom stereocenters. The highest BCUT2D eigenvalue weighted by atomic mass is 16.3. The molecule has 3 rings (SSSR count). The van der Waals surface area contributed by atoms with Gasteiger partial charge >= 0.3 is 6.03 Å². The molecule has 1 heterocycles. The summed E-state index contributed by atoms with van der Waals surface area (Å²) in [6.07, 6.45) is 7.25. The lowest BCUT2D eigenvalue weighted by molar-refractivity contribution is 0.144. The first-order chi connectivity index (χ1) is 11.2. The number of amides is 2. The molecule has 1 saturated heterocycles. The molecule has 4 unspecified atom stereocenters. The van der Waals surface area contributed by atoms with E-state index in [4.69, 9.17) is 0 Å². The number of nitrogens with one attached hydrogen (secondary N) is 2. The van der Waals surface area contributed by atoms with Gasteiger partial charge in [-0.1, -0.05) is 6.92 Å². The van der Waals surface area contributed by atoms with Crippen molar-refractivity contribution in [3.05, 3.63) is 0 Å². The number of carbonyl (C=O) groups excluding carboxylic acids is 1. The molecular formula is C18H33N3O2. The van der Waals surface area contributed by atoms with Crippen LogP contribution >= 0.6 is 0 Å². The van der Waals surface area contributed by atoms with Crippen LogP contribution in [0.3, 0.4) is 0 Å². The second-order valence-corrected chi connectivity index (χ2v) is 7.98. The van der Waals surface area contributed by atoms with Gasteiger partial charge in [-0.3, -0.25) is 0 Å². The van der Waals surface area contributed by atoms with Gasteiger partial charge in [0.1, 0.15) is 0 Å². The number of aliphatic hydroxyl groups excluding tert-OH is 1. The van der Waals surface area contributed by atoms with Crippen LogP contribution in [0.25, 0.3) is 0 Å². The van der Waals surface area contributed by atoms with Gasteiger partial charge in [-0.25, -0.2) is 4.79 Å². The fraction of sp³-hybridized carbons (Fsp3) is 0.944. The topological polar surface area (TPSA) is 64.6 Å². The molecule has 5 nitrogen and oxygen atoms in total. The monoisotopic (exact) mass is 323 g/mol. The SMILES string of the molecule is CC1CCN(CCCNC(=O)NC2C3CCC(C3)C2CO)CC1. The van der Waals surface area contributed by atoms with Gasteiger partial charge in [-0.2, -0.15) is 0 Å². The van der Waals surface area contributed by atoms with Gasteiger partial charge in [0.25, 0.3) is 0 Å². The van der Waals surface area contributed by atoms with Crippen molar-refractivity contribution < 1.29 is 9.90 Å². The standard InChI is InChI=1S/C18H33N3O2/c1-13-5-9-21(10-6-13)8-2-7-19-18(23)20-17-15-4-3-14(11-15)16(17)12-22/h13-17,22H,2-12H2,1H3,(H2,19,20,23). The molecule has 3 fully saturated rings. The van der Waals surface area contributed by atoms with Crippen LogP contribution < -0.4 is 10.6 Å². The maximum atomic E-state index is 12.1. The summed E-state index contributed by atoms with van der Waals surface area (Å²) in [5.41, 5.74) is 0. The lowest BCUT2D eigenvalue weighted by atomic mass is 9.85. The largest absolute Gasteiger partial charge is 0.396 e. The molecule has 1 aliphatic heterocycles. The van der Waals surface area contributed by atoms with Gasteiger partial charge in [-0.05, 0) is 75.9 Å². The van der Waals surface area contributed by atoms with E-state index in [1.54, 1.807) is 0 Å². The summed E-state index contributed by atoms with van der Waals surface area (Å²) in [4.78, 5) is 14.6. The van der Waals surface area contributed by atoms with E-state index in [9.17, 15) is 9.90 Å². The Morgan fingerprint density at radius 1 is 1.17 bits per heavy atom. The van der Waals surface area contributed by atoms with Crippen molar-refractivity contribution in [2.45, 2.75) is 51.5 Å². The van der Waals surface area contributed by atoms with E-state index in [-0.39, 0.29) is 24.6 Å². The molecule has 2 amide bonds. The molecule has 0 radical (unpaired) electrons. The average Bonchev–Trinajstić information content (AvgIpc) is 3.14. The van der Waals surface area contributed by atoms with Crippen molar-refractivity contribution in [2.24, 2.45) is 23.7 Å². The second kappa shape index (κ2) is 7.84. The van der Waals surface area contributed by atoms with Crippen molar-refractivity contribution in [2.75, 3.05) is 32.8 Å². The number of likely N-dealkylation sites (tertiary alicyclic amines) is 1. The molecular weight excluding hydrogens is 290 g/mol. The molecule has 2 saturated carbocycles. The molecule has 132 valence electrons. The molecule has 0 aromatic carbocycles. The Morgan fingerprint density at radius 3 is 2.65 bits per heavy atom. The normalized spacial score (nSPS) is 34.7. The van der Waals surface area contributed by atoms with Crippen LogP contribution in [0.1, 0.15) is 45.4 Å². The number of piperidine rings is 1. The zero-order valence-electron chi connectivity index (χ0n) is 14.5. The van der Waals surface area contributed by atoms with Gasteiger partial charge in [0.05, 0.1) is 0 Å². The summed E-state index contributed by atoms with van der Waals surface area (Å²) >= 11 is 0. The summed E-state index contributed by atoms with van der Waals surface area (Å²) in [5.74, 6) is 2.35. The van der Waals surface area contributed by atoms with E-state index < -0.39 is 0 Å². The molecule has 3 aliphatic rings. The summed E-state index contributed by atoms with van der Waals surface area (Å²) in [6.45, 7) is 6.77. The van der Waals surface area contributed by atoms with Crippen LogP contribution in [-0.2, 0) is 0 Å². The molecule has 0 aromatic heterocycles. The number of hydrogen-bond donors (Lipinski definition) is 3. The molecule has 2 aliphatic carbocycles. The van der Waals surface area contributed by atoms with Crippen molar-refractivity contribution >= 4 is 6.03 Å². The van der Waals surface area contributed by atoms with Crippen molar-refractivity contribution in [3.63, 3.8) is 0 Å². The Hall–Kier alpha value is -0.810. The third kappa shape index (κ3) is 4.18. The number of aliphatic hydroxyl groups is 1. The van der Waals surface area contributed by atoms with E-state index in [1.807, 2.05) is 0 Å². The quantitative estimate of drug-likeness (QED) is 0.653. The third-order valence-corrected chi connectivity index (χ3v) is 6.41. The fourth-order valence-electron chi connectivity index (χ4n) is 4.89. The van der Waals surface area contributed by atoms with Crippen molar-refractivity contribution in [3.8, 4) is 0 Å². The number of rotatable bonds is 6. The van der Waals surface area contributed by atoms with Crippen LogP contribution in [0.2, 0.25) is 0 Å². The Bertz CT molecular complexity index is 396. The van der Waals surface area contributed by atoms with Crippen LogP contribution in [0.15, 0.2) is 0 Å². The molecule has 0 aromatic rings. The highest BCUT2D eigenvalue weighted by molar-refractivity contribution is 5.74. The minimum atomic E-state index is -0.0479. The van der Waals surface area contributed by atoms with E-state index in [2.05, 4.69) is 22.5 Å². The maximum absolute atomic E-state index is 12.1. The summed E-state index contributed by atoms with van der Waals surface area (Å²) in [7, 11) is 0. The lowest BCUT2D eigenvalue weighted by Crippen LogP contribution is -2.49. The summed E-state index contributed by atoms with van der Waals surface area (Å²) in [6, 6.07) is 0.135. The van der Waals surface area contributed by atoms with E-state index in [1.165, 1.54) is 45.2 Å². The first-order valence-electron chi connectivity index (χ1n) is 9.55. The minimum Gasteiger partial charge on any atom is -0.396 e. The first-order valence-corrected chi connectivity index (χ1v) is 9.55. The minimum absolute atomic E-state index is 0.0479. The number of nitrogens with zero attached hydrogens (tertiary/aromatic N) is 1. The molecule has 23 heavy (non-hydrogen) atoms. The highest BCUT2D eigenvalue weighted by Crippen LogP contribution is 2.48. The third-order valence-electron chi connectivity index (χ3n) is 6.41. The zero-order valence-corrected chi connectivity index (χ0v) is 14.5. The van der Waals surface area contributed by atoms with Gasteiger partial charge in [-0.15, -0.1) is 0 Å².